The van der Waals surface area contributed by atoms with Crippen molar-refractivity contribution < 1.29 is 9.21 Å². The van der Waals surface area contributed by atoms with E-state index in [0.717, 1.165) is 30.8 Å². The molecule has 2 rings (SSSR count). The summed E-state index contributed by atoms with van der Waals surface area (Å²) in [5.74, 6) is 2.13. The van der Waals surface area contributed by atoms with Gasteiger partial charge in [-0.05, 0) is 31.2 Å². The van der Waals surface area contributed by atoms with Crippen molar-refractivity contribution in [2.45, 2.75) is 59.4 Å². The Bertz CT molecular complexity index is 445. The van der Waals surface area contributed by atoms with Crippen LogP contribution < -0.4 is 5.32 Å². The molecular weight excluding hydrogens is 226 g/mol. The Balaban J connectivity index is 2.21. The maximum absolute atomic E-state index is 11.8. The maximum Gasteiger partial charge on any atom is 0.220 e. The van der Waals surface area contributed by atoms with Crippen LogP contribution in [0.25, 0.3) is 0 Å². The molecule has 1 aromatic rings. The lowest BCUT2D eigenvalue weighted by Crippen LogP contribution is -2.35. The summed E-state index contributed by atoms with van der Waals surface area (Å²) in [6, 6.07) is 2.18. The highest BCUT2D eigenvalue weighted by Gasteiger charge is 2.35. The molecule has 1 aromatic heterocycles. The van der Waals surface area contributed by atoms with Crippen LogP contribution >= 0.6 is 0 Å². The molecular formula is C15H23NO2. The maximum atomic E-state index is 11.8. The van der Waals surface area contributed by atoms with Gasteiger partial charge in [0.2, 0.25) is 5.91 Å². The van der Waals surface area contributed by atoms with Crippen LogP contribution in [0.3, 0.4) is 0 Å². The molecule has 1 unspecified atom stereocenters. The van der Waals surface area contributed by atoms with Crippen LogP contribution in [0.1, 0.15) is 63.2 Å². The van der Waals surface area contributed by atoms with E-state index in [9.17, 15) is 4.79 Å². The van der Waals surface area contributed by atoms with Crippen LogP contribution in [0.5, 0.6) is 0 Å². The number of aryl methyl sites for hydroxylation is 1. The van der Waals surface area contributed by atoms with Gasteiger partial charge in [-0.1, -0.05) is 20.8 Å². The molecule has 1 N–H and O–H groups in total. The minimum absolute atomic E-state index is 0.111. The molecule has 1 amide bonds. The molecule has 0 bridgehead atoms. The Morgan fingerprint density at radius 1 is 1.56 bits per heavy atom. The van der Waals surface area contributed by atoms with E-state index in [0.29, 0.717) is 6.42 Å². The number of furan rings is 1. The molecule has 0 saturated carbocycles. The normalized spacial score (nSPS) is 21.4. The average molecular weight is 249 g/mol. The largest absolute Gasteiger partial charge is 0.466 e. The highest BCUT2D eigenvalue weighted by molar-refractivity contribution is 5.76. The van der Waals surface area contributed by atoms with E-state index in [1.54, 1.807) is 0 Å². The van der Waals surface area contributed by atoms with E-state index in [1.165, 1.54) is 5.56 Å². The van der Waals surface area contributed by atoms with Gasteiger partial charge < -0.3 is 9.73 Å². The van der Waals surface area contributed by atoms with E-state index in [4.69, 9.17) is 4.42 Å². The lowest BCUT2D eigenvalue weighted by atomic mass is 9.74. The van der Waals surface area contributed by atoms with E-state index in [2.05, 4.69) is 25.2 Å². The van der Waals surface area contributed by atoms with Crippen molar-refractivity contribution in [3.8, 4) is 0 Å². The predicted molar refractivity (Wildman–Crippen MR) is 71.3 cm³/mol. The lowest BCUT2D eigenvalue weighted by Gasteiger charge is -2.34. The number of amides is 1. The van der Waals surface area contributed by atoms with Gasteiger partial charge in [0.1, 0.15) is 11.5 Å². The predicted octanol–water partition coefficient (Wildman–Crippen LogP) is 3.52. The van der Waals surface area contributed by atoms with E-state index >= 15 is 0 Å². The summed E-state index contributed by atoms with van der Waals surface area (Å²) in [4.78, 5) is 11.8. The summed E-state index contributed by atoms with van der Waals surface area (Å²) in [6.07, 6.45) is 3.42. The second-order valence-corrected chi connectivity index (χ2v) is 6.15. The van der Waals surface area contributed by atoms with Crippen LogP contribution in [-0.2, 0) is 11.2 Å². The van der Waals surface area contributed by atoms with Gasteiger partial charge in [-0.15, -0.1) is 0 Å². The first kappa shape index (κ1) is 13.2. The van der Waals surface area contributed by atoms with Gasteiger partial charge in [0, 0.05) is 18.4 Å². The zero-order valence-corrected chi connectivity index (χ0v) is 11.8. The third kappa shape index (κ3) is 2.77. The van der Waals surface area contributed by atoms with Crippen LogP contribution in [0.4, 0.5) is 0 Å². The molecule has 3 heteroatoms. The zero-order valence-electron chi connectivity index (χ0n) is 11.8. The number of carbonyl (C=O) groups excluding carboxylic acids is 1. The summed E-state index contributed by atoms with van der Waals surface area (Å²) >= 11 is 0. The Morgan fingerprint density at radius 3 is 2.94 bits per heavy atom. The Hall–Kier alpha value is -1.25. The van der Waals surface area contributed by atoms with Gasteiger partial charge in [-0.2, -0.15) is 0 Å². The Labute approximate surface area is 109 Å². The van der Waals surface area contributed by atoms with Gasteiger partial charge in [0.15, 0.2) is 0 Å². The van der Waals surface area contributed by atoms with Gasteiger partial charge in [0.25, 0.3) is 0 Å². The number of carbonyl (C=O) groups is 1. The molecule has 0 aliphatic heterocycles. The number of nitrogens with one attached hydrogen (secondary N) is 1. The third-order valence-electron chi connectivity index (χ3n) is 3.55. The first-order valence-corrected chi connectivity index (χ1v) is 6.80. The summed E-state index contributed by atoms with van der Waals surface area (Å²) in [5.41, 5.74) is 1.36. The van der Waals surface area contributed by atoms with Gasteiger partial charge in [-0.3, -0.25) is 4.79 Å². The van der Waals surface area contributed by atoms with Crippen LogP contribution in [0.2, 0.25) is 0 Å². The van der Waals surface area contributed by atoms with Crippen LogP contribution in [-0.4, -0.2) is 5.91 Å². The molecule has 3 nitrogen and oxygen atoms in total. The highest BCUT2D eigenvalue weighted by atomic mass is 16.3. The van der Waals surface area contributed by atoms with Crippen LogP contribution in [0.15, 0.2) is 10.5 Å². The quantitative estimate of drug-likeness (QED) is 0.890. The van der Waals surface area contributed by atoms with Crippen molar-refractivity contribution in [2.75, 3.05) is 0 Å². The second kappa shape index (κ2) is 4.79. The molecule has 1 heterocycles. The molecule has 0 fully saturated rings. The van der Waals surface area contributed by atoms with Crippen molar-refractivity contribution in [2.24, 2.45) is 5.41 Å². The lowest BCUT2D eigenvalue weighted by molar-refractivity contribution is -0.122. The van der Waals surface area contributed by atoms with E-state index in [-0.39, 0.29) is 17.4 Å². The molecule has 18 heavy (non-hydrogen) atoms. The molecule has 1 atom stereocenters. The molecule has 0 spiro atoms. The molecule has 0 radical (unpaired) electrons. The summed E-state index contributed by atoms with van der Waals surface area (Å²) < 4.78 is 5.76. The smallest absolute Gasteiger partial charge is 0.220 e. The molecule has 1 aliphatic rings. The minimum Gasteiger partial charge on any atom is -0.466 e. The van der Waals surface area contributed by atoms with Crippen molar-refractivity contribution >= 4 is 5.91 Å². The summed E-state index contributed by atoms with van der Waals surface area (Å²) in [7, 11) is 0. The van der Waals surface area contributed by atoms with Crippen molar-refractivity contribution in [3.05, 3.63) is 23.2 Å². The zero-order chi connectivity index (χ0) is 13.3. The van der Waals surface area contributed by atoms with Gasteiger partial charge >= 0.3 is 0 Å². The van der Waals surface area contributed by atoms with Crippen molar-refractivity contribution in [1.29, 1.82) is 0 Å². The van der Waals surface area contributed by atoms with Crippen LogP contribution in [0, 0.1) is 12.3 Å². The van der Waals surface area contributed by atoms with Crippen molar-refractivity contribution in [3.63, 3.8) is 0 Å². The highest BCUT2D eigenvalue weighted by Crippen LogP contribution is 2.41. The average Bonchev–Trinajstić information content (AvgIpc) is 2.57. The number of rotatable bonds is 3. The topological polar surface area (TPSA) is 42.2 Å². The Morgan fingerprint density at radius 2 is 2.28 bits per heavy atom. The minimum atomic E-state index is 0.111. The van der Waals surface area contributed by atoms with E-state index < -0.39 is 0 Å². The second-order valence-electron chi connectivity index (χ2n) is 6.15. The molecule has 0 saturated heterocycles. The Kier molecular flexibility index (Phi) is 3.51. The van der Waals surface area contributed by atoms with Gasteiger partial charge in [0.05, 0.1) is 6.04 Å². The third-order valence-corrected chi connectivity index (χ3v) is 3.55. The first-order chi connectivity index (χ1) is 8.41. The number of fused-ring (bicyclic) bond motifs is 1. The first-order valence-electron chi connectivity index (χ1n) is 6.80. The molecule has 0 aromatic carbocycles. The number of hydrogen-bond acceptors (Lipinski definition) is 2. The summed E-state index contributed by atoms with van der Waals surface area (Å²) in [6.45, 7) is 8.45. The molecule has 100 valence electrons. The standard InChI is InChI=1S/C15H23NO2/c1-5-6-14(17)16-12-8-15(3,4)9-13-11(12)7-10(2)18-13/h7,12H,5-6,8-9H2,1-4H3,(H,16,17). The monoisotopic (exact) mass is 249 g/mol. The summed E-state index contributed by atoms with van der Waals surface area (Å²) in [5, 5.41) is 3.15. The van der Waals surface area contributed by atoms with E-state index in [1.807, 2.05) is 13.8 Å². The molecule has 1 aliphatic carbocycles. The van der Waals surface area contributed by atoms with Gasteiger partial charge in [-0.25, -0.2) is 0 Å². The SMILES string of the molecule is CCCC(=O)NC1CC(C)(C)Cc2oc(C)cc21. The fourth-order valence-corrected chi connectivity index (χ4v) is 2.81. The number of hydrogen-bond donors (Lipinski definition) is 1. The fourth-order valence-electron chi connectivity index (χ4n) is 2.81. The van der Waals surface area contributed by atoms with Crippen molar-refractivity contribution in [1.82, 2.24) is 5.32 Å². The fraction of sp³-hybridized carbons (Fsp3) is 0.667.